The average Bonchev–Trinajstić information content (AvgIpc) is 2.86. The highest BCUT2D eigenvalue weighted by Crippen LogP contribution is 2.19. The third kappa shape index (κ3) is 4.00. The Kier molecular flexibility index (Phi) is 5.20. The van der Waals surface area contributed by atoms with E-state index in [1.165, 1.54) is 4.90 Å². The van der Waals surface area contributed by atoms with Gasteiger partial charge in [-0.1, -0.05) is 44.2 Å². The third-order valence-corrected chi connectivity index (χ3v) is 3.76. The summed E-state index contributed by atoms with van der Waals surface area (Å²) in [6.45, 7) is 3.33. The molecule has 1 aliphatic rings. The van der Waals surface area contributed by atoms with Crippen LogP contribution in [0.3, 0.4) is 0 Å². The summed E-state index contributed by atoms with van der Waals surface area (Å²) in [7, 11) is 0. The summed E-state index contributed by atoms with van der Waals surface area (Å²) < 4.78 is 5.00. The third-order valence-electron chi connectivity index (χ3n) is 3.76. The first kappa shape index (κ1) is 16.8. The van der Waals surface area contributed by atoms with Gasteiger partial charge in [-0.15, -0.1) is 0 Å². The molecule has 1 aromatic rings. The number of ether oxygens (including phenoxy) is 1. The number of nitrogens with one attached hydrogen (secondary N) is 1. The van der Waals surface area contributed by atoms with Crippen molar-refractivity contribution in [3.8, 4) is 0 Å². The van der Waals surface area contributed by atoms with Crippen molar-refractivity contribution < 1.29 is 24.2 Å². The minimum Gasteiger partial charge on any atom is -0.465 e. The highest BCUT2D eigenvalue weighted by molar-refractivity contribution is 5.91. The van der Waals surface area contributed by atoms with Crippen LogP contribution in [-0.4, -0.2) is 46.8 Å². The Balaban J connectivity index is 2.17. The van der Waals surface area contributed by atoms with E-state index in [4.69, 9.17) is 9.84 Å². The first-order valence-electron chi connectivity index (χ1n) is 7.40. The SMILES string of the molecule is CC(C)[C@H](NC(=O)O)C(=O)N1COC(=O)[C@@H]1Cc1ccccc1. The first-order valence-corrected chi connectivity index (χ1v) is 7.40. The van der Waals surface area contributed by atoms with E-state index in [9.17, 15) is 14.4 Å². The van der Waals surface area contributed by atoms with Gasteiger partial charge in [0.1, 0.15) is 12.1 Å². The van der Waals surface area contributed by atoms with Crippen molar-refractivity contribution in [1.82, 2.24) is 10.2 Å². The van der Waals surface area contributed by atoms with E-state index in [-0.39, 0.29) is 12.6 Å². The Hall–Kier alpha value is -2.57. The molecule has 2 amide bonds. The smallest absolute Gasteiger partial charge is 0.405 e. The maximum atomic E-state index is 12.6. The predicted octanol–water partition coefficient (Wildman–Crippen LogP) is 1.23. The van der Waals surface area contributed by atoms with Crippen LogP contribution in [0.5, 0.6) is 0 Å². The van der Waals surface area contributed by atoms with Crippen LogP contribution in [0, 0.1) is 5.92 Å². The molecule has 7 nitrogen and oxygen atoms in total. The molecule has 0 radical (unpaired) electrons. The maximum absolute atomic E-state index is 12.6. The average molecular weight is 320 g/mol. The molecule has 2 rings (SSSR count). The van der Waals surface area contributed by atoms with E-state index in [1.807, 2.05) is 30.3 Å². The van der Waals surface area contributed by atoms with Crippen LogP contribution in [0.4, 0.5) is 4.79 Å². The Morgan fingerprint density at radius 2 is 2.00 bits per heavy atom. The van der Waals surface area contributed by atoms with E-state index in [2.05, 4.69) is 5.32 Å². The molecular formula is C16H20N2O5. The largest absolute Gasteiger partial charge is 0.465 e. The number of esters is 1. The zero-order chi connectivity index (χ0) is 17.0. The summed E-state index contributed by atoms with van der Waals surface area (Å²) in [5.74, 6) is -1.17. The van der Waals surface area contributed by atoms with Crippen LogP contribution in [0.25, 0.3) is 0 Å². The van der Waals surface area contributed by atoms with Gasteiger partial charge < -0.3 is 15.2 Å². The lowest BCUT2D eigenvalue weighted by Crippen LogP contribution is -2.53. The van der Waals surface area contributed by atoms with Crippen molar-refractivity contribution in [3.05, 3.63) is 35.9 Å². The molecule has 1 heterocycles. The Morgan fingerprint density at radius 3 is 2.57 bits per heavy atom. The van der Waals surface area contributed by atoms with E-state index >= 15 is 0 Å². The number of carbonyl (C=O) groups excluding carboxylic acids is 2. The van der Waals surface area contributed by atoms with Gasteiger partial charge in [0, 0.05) is 6.42 Å². The molecule has 0 spiro atoms. The van der Waals surface area contributed by atoms with E-state index in [0.717, 1.165) is 5.56 Å². The Labute approximate surface area is 134 Å². The normalized spacial score (nSPS) is 18.7. The quantitative estimate of drug-likeness (QED) is 0.796. The summed E-state index contributed by atoms with van der Waals surface area (Å²) >= 11 is 0. The van der Waals surface area contributed by atoms with Crippen molar-refractivity contribution in [2.24, 2.45) is 5.92 Å². The number of nitrogens with zero attached hydrogens (tertiary/aromatic N) is 1. The monoisotopic (exact) mass is 320 g/mol. The summed E-state index contributed by atoms with van der Waals surface area (Å²) in [6, 6.07) is 7.65. The molecule has 0 aliphatic carbocycles. The molecule has 124 valence electrons. The number of hydrogen-bond donors (Lipinski definition) is 2. The summed E-state index contributed by atoms with van der Waals surface area (Å²) in [4.78, 5) is 36.8. The highest BCUT2D eigenvalue weighted by Gasteiger charge is 2.41. The lowest BCUT2D eigenvalue weighted by atomic mass is 10.0. The van der Waals surface area contributed by atoms with Gasteiger partial charge in [0.05, 0.1) is 0 Å². The molecule has 2 N–H and O–H groups in total. The van der Waals surface area contributed by atoms with Gasteiger partial charge in [-0.3, -0.25) is 9.69 Å². The second kappa shape index (κ2) is 7.13. The van der Waals surface area contributed by atoms with Gasteiger partial charge in [-0.25, -0.2) is 9.59 Å². The highest BCUT2D eigenvalue weighted by atomic mass is 16.6. The Morgan fingerprint density at radius 1 is 1.35 bits per heavy atom. The fraction of sp³-hybridized carbons (Fsp3) is 0.438. The van der Waals surface area contributed by atoms with Gasteiger partial charge in [0.2, 0.25) is 5.91 Å². The molecule has 1 aliphatic heterocycles. The Bertz CT molecular complexity index is 587. The number of hydrogen-bond acceptors (Lipinski definition) is 4. The predicted molar refractivity (Wildman–Crippen MR) is 81.5 cm³/mol. The first-order chi connectivity index (χ1) is 10.9. The van der Waals surface area contributed by atoms with Crippen LogP contribution in [0.1, 0.15) is 19.4 Å². The number of benzene rings is 1. The molecule has 0 unspecified atom stereocenters. The van der Waals surface area contributed by atoms with Crippen LogP contribution in [0.2, 0.25) is 0 Å². The molecule has 0 saturated carbocycles. The second-order valence-corrected chi connectivity index (χ2v) is 5.78. The molecule has 1 fully saturated rings. The molecule has 7 heteroatoms. The van der Waals surface area contributed by atoms with Crippen molar-refractivity contribution >= 4 is 18.0 Å². The summed E-state index contributed by atoms with van der Waals surface area (Å²) in [5, 5.41) is 11.1. The van der Waals surface area contributed by atoms with Crippen molar-refractivity contribution in [2.75, 3.05) is 6.73 Å². The molecule has 1 aromatic carbocycles. The van der Waals surface area contributed by atoms with Crippen molar-refractivity contribution in [1.29, 1.82) is 0 Å². The van der Waals surface area contributed by atoms with Crippen molar-refractivity contribution in [2.45, 2.75) is 32.4 Å². The van der Waals surface area contributed by atoms with Crippen LogP contribution >= 0.6 is 0 Å². The molecule has 0 aromatic heterocycles. The standard InChI is InChI=1S/C16H20N2O5/c1-10(2)13(17-16(21)22)14(19)18-9-23-15(20)12(18)8-11-6-4-3-5-7-11/h3-7,10,12-13,17H,8-9H2,1-2H3,(H,21,22)/t12-,13-/m0/s1. The maximum Gasteiger partial charge on any atom is 0.405 e. The zero-order valence-corrected chi connectivity index (χ0v) is 13.1. The van der Waals surface area contributed by atoms with Crippen LogP contribution < -0.4 is 5.32 Å². The fourth-order valence-electron chi connectivity index (χ4n) is 2.52. The number of carbonyl (C=O) groups is 3. The molecular weight excluding hydrogens is 300 g/mol. The summed E-state index contributed by atoms with van der Waals surface area (Å²) in [5.41, 5.74) is 0.904. The molecule has 2 atom stereocenters. The molecule has 0 bridgehead atoms. The zero-order valence-electron chi connectivity index (χ0n) is 13.1. The number of amides is 2. The second-order valence-electron chi connectivity index (χ2n) is 5.78. The van der Waals surface area contributed by atoms with Crippen LogP contribution in [-0.2, 0) is 20.7 Å². The minimum atomic E-state index is -1.27. The van der Waals surface area contributed by atoms with Gasteiger partial charge in [0.15, 0.2) is 6.73 Å². The fourth-order valence-corrected chi connectivity index (χ4v) is 2.52. The number of carboxylic acid groups (broad SMARTS) is 1. The topological polar surface area (TPSA) is 95.9 Å². The van der Waals surface area contributed by atoms with E-state index < -0.39 is 30.1 Å². The van der Waals surface area contributed by atoms with Gasteiger partial charge in [0.25, 0.3) is 0 Å². The molecule has 1 saturated heterocycles. The minimum absolute atomic E-state index is 0.153. The number of rotatable bonds is 5. The van der Waals surface area contributed by atoms with E-state index in [0.29, 0.717) is 6.42 Å². The molecule has 23 heavy (non-hydrogen) atoms. The lowest BCUT2D eigenvalue weighted by Gasteiger charge is -2.27. The lowest BCUT2D eigenvalue weighted by molar-refractivity contribution is -0.139. The van der Waals surface area contributed by atoms with Gasteiger partial charge in [-0.2, -0.15) is 0 Å². The van der Waals surface area contributed by atoms with Crippen molar-refractivity contribution in [3.63, 3.8) is 0 Å². The van der Waals surface area contributed by atoms with Gasteiger partial charge >= 0.3 is 12.1 Å². The van der Waals surface area contributed by atoms with Gasteiger partial charge in [-0.05, 0) is 11.5 Å². The number of cyclic esters (lactones) is 1. The van der Waals surface area contributed by atoms with Crippen LogP contribution in [0.15, 0.2) is 30.3 Å². The summed E-state index contributed by atoms with van der Waals surface area (Å²) in [6.07, 6.45) is -0.938. The van der Waals surface area contributed by atoms with E-state index in [1.54, 1.807) is 13.8 Å².